The Morgan fingerprint density at radius 1 is 1.42 bits per heavy atom. The first-order valence-electron chi connectivity index (χ1n) is 5.82. The number of amides is 2. The fourth-order valence-electron chi connectivity index (χ4n) is 1.29. The van der Waals surface area contributed by atoms with Crippen LogP contribution in [0.5, 0.6) is 0 Å². The molecule has 7 nitrogen and oxygen atoms in total. The summed E-state index contributed by atoms with van der Waals surface area (Å²) >= 11 is 1.27. The van der Waals surface area contributed by atoms with E-state index in [1.807, 2.05) is 0 Å². The van der Waals surface area contributed by atoms with E-state index in [-0.39, 0.29) is 11.7 Å². The van der Waals surface area contributed by atoms with Gasteiger partial charge in [0.05, 0.1) is 5.01 Å². The van der Waals surface area contributed by atoms with Crippen molar-refractivity contribution in [2.75, 3.05) is 26.8 Å². The monoisotopic (exact) mass is 287 g/mol. The molecule has 0 bridgehead atoms. The second-order valence-electron chi connectivity index (χ2n) is 3.71. The number of rotatable bonds is 8. The number of thiazole rings is 1. The summed E-state index contributed by atoms with van der Waals surface area (Å²) in [6.45, 7) is 1.58. The van der Waals surface area contributed by atoms with Gasteiger partial charge in [0.25, 0.3) is 0 Å². The molecule has 0 aliphatic heterocycles. The highest BCUT2D eigenvalue weighted by Crippen LogP contribution is 2.09. The van der Waals surface area contributed by atoms with Gasteiger partial charge in [0, 0.05) is 38.6 Å². The molecule has 106 valence electrons. The number of hydrogen-bond donors (Lipinski definition) is 3. The smallest absolute Gasteiger partial charge is 0.355 e. The first-order chi connectivity index (χ1) is 9.13. The Balaban J connectivity index is 2.15. The van der Waals surface area contributed by atoms with Gasteiger partial charge in [0.2, 0.25) is 0 Å². The third kappa shape index (κ3) is 6.16. The number of carbonyl (C=O) groups excluding carboxylic acids is 1. The molecule has 0 radical (unpaired) electrons. The number of methoxy groups -OCH3 is 1. The van der Waals surface area contributed by atoms with Crippen molar-refractivity contribution in [1.29, 1.82) is 0 Å². The normalized spacial score (nSPS) is 10.2. The molecule has 1 heterocycles. The molecule has 2 amide bonds. The zero-order valence-corrected chi connectivity index (χ0v) is 11.5. The van der Waals surface area contributed by atoms with Crippen molar-refractivity contribution in [3.63, 3.8) is 0 Å². The van der Waals surface area contributed by atoms with E-state index in [4.69, 9.17) is 9.84 Å². The van der Waals surface area contributed by atoms with E-state index in [0.717, 1.165) is 6.42 Å². The number of carbonyl (C=O) groups is 2. The van der Waals surface area contributed by atoms with Crippen LogP contribution >= 0.6 is 11.3 Å². The minimum absolute atomic E-state index is 0.0454. The largest absolute Gasteiger partial charge is 0.476 e. The lowest BCUT2D eigenvalue weighted by atomic mass is 10.4. The van der Waals surface area contributed by atoms with Crippen molar-refractivity contribution in [2.24, 2.45) is 0 Å². The number of aromatic nitrogens is 1. The van der Waals surface area contributed by atoms with E-state index in [1.54, 1.807) is 7.11 Å². The zero-order valence-electron chi connectivity index (χ0n) is 10.6. The van der Waals surface area contributed by atoms with Gasteiger partial charge in [0.15, 0.2) is 5.69 Å². The summed E-state index contributed by atoms with van der Waals surface area (Å²) in [5.41, 5.74) is 0.0454. The van der Waals surface area contributed by atoms with E-state index in [0.29, 0.717) is 31.1 Å². The standard InChI is InChI=1S/C11H17N3O4S/c1-18-6-2-4-12-11(17)13-5-3-9-14-8(7-19-9)10(15)16/h7H,2-6H2,1H3,(H,15,16)(H2,12,13,17). The molecule has 1 rings (SSSR count). The molecular weight excluding hydrogens is 270 g/mol. The van der Waals surface area contributed by atoms with Crippen molar-refractivity contribution in [3.05, 3.63) is 16.1 Å². The molecule has 19 heavy (non-hydrogen) atoms. The molecule has 0 aliphatic carbocycles. The second kappa shape index (κ2) is 8.44. The number of nitrogens with zero attached hydrogens (tertiary/aromatic N) is 1. The van der Waals surface area contributed by atoms with Crippen LogP contribution in [0.25, 0.3) is 0 Å². The van der Waals surface area contributed by atoms with Gasteiger partial charge in [-0.25, -0.2) is 14.6 Å². The molecule has 0 aliphatic rings. The number of carboxylic acids is 1. The van der Waals surface area contributed by atoms with Crippen LogP contribution in [0, 0.1) is 0 Å². The first kappa shape index (κ1) is 15.4. The molecule has 0 unspecified atom stereocenters. The number of urea groups is 1. The predicted molar refractivity (Wildman–Crippen MR) is 70.7 cm³/mol. The van der Waals surface area contributed by atoms with Gasteiger partial charge in [0.1, 0.15) is 0 Å². The van der Waals surface area contributed by atoms with Crippen molar-refractivity contribution in [3.8, 4) is 0 Å². The summed E-state index contributed by atoms with van der Waals surface area (Å²) in [5, 5.41) is 16.2. The minimum Gasteiger partial charge on any atom is -0.476 e. The molecule has 0 atom stereocenters. The molecule has 0 aromatic carbocycles. The summed E-state index contributed by atoms with van der Waals surface area (Å²) in [6.07, 6.45) is 1.28. The fourth-order valence-corrected chi connectivity index (χ4v) is 2.06. The Morgan fingerprint density at radius 3 is 2.79 bits per heavy atom. The molecule has 0 saturated heterocycles. The maximum absolute atomic E-state index is 11.3. The van der Waals surface area contributed by atoms with Gasteiger partial charge in [-0.2, -0.15) is 0 Å². The van der Waals surface area contributed by atoms with Crippen molar-refractivity contribution in [1.82, 2.24) is 15.6 Å². The number of ether oxygens (including phenoxy) is 1. The lowest BCUT2D eigenvalue weighted by Crippen LogP contribution is -2.37. The summed E-state index contributed by atoms with van der Waals surface area (Å²) in [5.74, 6) is -1.04. The maximum Gasteiger partial charge on any atom is 0.355 e. The van der Waals surface area contributed by atoms with Crippen LogP contribution in [0.1, 0.15) is 21.9 Å². The van der Waals surface area contributed by atoms with E-state index in [2.05, 4.69) is 15.6 Å². The van der Waals surface area contributed by atoms with Crippen LogP contribution in [0.2, 0.25) is 0 Å². The highest BCUT2D eigenvalue weighted by Gasteiger charge is 2.08. The fraction of sp³-hybridized carbons (Fsp3) is 0.545. The number of hydrogen-bond acceptors (Lipinski definition) is 5. The average Bonchev–Trinajstić information content (AvgIpc) is 2.84. The highest BCUT2D eigenvalue weighted by molar-refractivity contribution is 7.09. The minimum atomic E-state index is -1.04. The quantitative estimate of drug-likeness (QED) is 0.612. The summed E-state index contributed by atoms with van der Waals surface area (Å²) in [4.78, 5) is 25.9. The molecule has 0 saturated carbocycles. The maximum atomic E-state index is 11.3. The van der Waals surface area contributed by atoms with Crippen molar-refractivity contribution in [2.45, 2.75) is 12.8 Å². The second-order valence-corrected chi connectivity index (χ2v) is 4.65. The Hall–Kier alpha value is -1.67. The van der Waals surface area contributed by atoms with Crippen LogP contribution in [-0.2, 0) is 11.2 Å². The molecule has 0 fully saturated rings. The van der Waals surface area contributed by atoms with Crippen molar-refractivity contribution < 1.29 is 19.4 Å². The van der Waals surface area contributed by atoms with Crippen molar-refractivity contribution >= 4 is 23.3 Å². The summed E-state index contributed by atoms with van der Waals surface area (Å²) < 4.78 is 4.86. The molecular formula is C11H17N3O4S. The van der Waals surface area contributed by atoms with Gasteiger partial charge in [-0.05, 0) is 6.42 Å². The van der Waals surface area contributed by atoms with Gasteiger partial charge >= 0.3 is 12.0 Å². The molecule has 1 aromatic rings. The van der Waals surface area contributed by atoms with Crippen LogP contribution in [0.3, 0.4) is 0 Å². The van der Waals surface area contributed by atoms with E-state index in [9.17, 15) is 9.59 Å². The Kier molecular flexibility index (Phi) is 6.83. The molecule has 8 heteroatoms. The topological polar surface area (TPSA) is 101 Å². The van der Waals surface area contributed by atoms with E-state index >= 15 is 0 Å². The predicted octanol–water partition coefficient (Wildman–Crippen LogP) is 0.720. The van der Waals surface area contributed by atoms with Crippen LogP contribution < -0.4 is 10.6 Å². The number of carboxylic acid groups (broad SMARTS) is 1. The van der Waals surface area contributed by atoms with Gasteiger partial charge in [-0.1, -0.05) is 0 Å². The van der Waals surface area contributed by atoms with E-state index in [1.165, 1.54) is 16.7 Å². The SMILES string of the molecule is COCCCNC(=O)NCCc1nc(C(=O)O)cs1. The van der Waals surface area contributed by atoms with Gasteiger partial charge < -0.3 is 20.5 Å². The van der Waals surface area contributed by atoms with Gasteiger partial charge in [-0.3, -0.25) is 0 Å². The summed E-state index contributed by atoms with van der Waals surface area (Å²) in [7, 11) is 1.61. The molecule has 1 aromatic heterocycles. The zero-order chi connectivity index (χ0) is 14.1. The van der Waals surface area contributed by atoms with E-state index < -0.39 is 5.97 Å². The third-order valence-electron chi connectivity index (χ3n) is 2.21. The third-order valence-corrected chi connectivity index (χ3v) is 3.11. The number of aromatic carboxylic acids is 1. The van der Waals surface area contributed by atoms with Crippen LogP contribution in [-0.4, -0.2) is 48.9 Å². The first-order valence-corrected chi connectivity index (χ1v) is 6.69. The average molecular weight is 287 g/mol. The number of nitrogens with one attached hydrogen (secondary N) is 2. The molecule has 0 spiro atoms. The lowest BCUT2D eigenvalue weighted by Gasteiger charge is -2.06. The van der Waals surface area contributed by atoms with Crippen LogP contribution in [0.15, 0.2) is 5.38 Å². The summed E-state index contributed by atoms with van der Waals surface area (Å²) in [6, 6.07) is -0.244. The highest BCUT2D eigenvalue weighted by atomic mass is 32.1. The Morgan fingerprint density at radius 2 is 2.16 bits per heavy atom. The lowest BCUT2D eigenvalue weighted by molar-refractivity contribution is 0.0691. The Labute approximate surface area is 115 Å². The van der Waals surface area contributed by atoms with Crippen LogP contribution in [0.4, 0.5) is 4.79 Å². The van der Waals surface area contributed by atoms with Gasteiger partial charge in [-0.15, -0.1) is 11.3 Å². The molecule has 3 N–H and O–H groups in total. The Bertz CT molecular complexity index is 422.